The molecule has 1 fully saturated rings. The number of aliphatic hydroxyl groups is 4. The van der Waals surface area contributed by atoms with Crippen LogP contribution < -0.4 is 9.47 Å². The summed E-state index contributed by atoms with van der Waals surface area (Å²) >= 11 is 0. The molecule has 13 nitrogen and oxygen atoms in total. The van der Waals surface area contributed by atoms with Crippen molar-refractivity contribution in [1.82, 2.24) is 0 Å². The molecule has 0 aliphatic carbocycles. The smallest absolute Gasteiger partial charge is 0.248 e. The normalized spacial score (nSPS) is 28.8. The molecule has 2 aliphatic heterocycles. The predicted octanol–water partition coefficient (Wildman–Crippen LogP) is -1.43. The molecular formula is C21H20O13. The number of ketones is 2. The van der Waals surface area contributed by atoms with Crippen LogP contribution in [0.5, 0.6) is 34.5 Å². The standard InChI is InChI=1S/C21H20O13/c22-5-11-13(27)15(29)17(31)21(32-11)34-19-10(26)4-9(25)12-14(28)16(30)18(33-20(12)19)6-1-2-7(23)8(24)3-6/h1-4,11,13,15,17-18,21-27,29,31H,5H2/t11-,13-,15+,17-,18?,21+/m1/s1. The lowest BCUT2D eigenvalue weighted by Crippen LogP contribution is -2.60. The van der Waals surface area contributed by atoms with Crippen molar-refractivity contribution in [2.24, 2.45) is 0 Å². The molecule has 2 aromatic rings. The van der Waals surface area contributed by atoms with E-state index in [9.17, 15) is 50.4 Å². The SMILES string of the molecule is O=C1C(=O)C(c2ccc(O)c(O)c2)Oc2c(O[C@@H]3O[C@H](CO)[C@@H](O)[C@H](O)[C@H]3O)c(O)cc(O)c21. The van der Waals surface area contributed by atoms with Crippen molar-refractivity contribution in [2.45, 2.75) is 36.8 Å². The summed E-state index contributed by atoms with van der Waals surface area (Å²) in [6, 6.07) is 3.89. The van der Waals surface area contributed by atoms with Gasteiger partial charge in [0.25, 0.3) is 0 Å². The summed E-state index contributed by atoms with van der Waals surface area (Å²) in [4.78, 5) is 25.4. The molecule has 0 bridgehead atoms. The second-order valence-corrected chi connectivity index (χ2v) is 7.70. The molecule has 0 spiro atoms. The molecule has 2 aliphatic rings. The number of hydrogen-bond donors (Lipinski definition) is 8. The van der Waals surface area contributed by atoms with Crippen LogP contribution >= 0.6 is 0 Å². The van der Waals surface area contributed by atoms with Crippen LogP contribution in [0.3, 0.4) is 0 Å². The first-order valence-corrected chi connectivity index (χ1v) is 9.88. The van der Waals surface area contributed by atoms with Gasteiger partial charge in [0.05, 0.1) is 6.61 Å². The first kappa shape index (κ1) is 23.5. The van der Waals surface area contributed by atoms with Gasteiger partial charge in [0.2, 0.25) is 23.6 Å². The minimum atomic E-state index is -1.88. The molecule has 8 N–H and O–H groups in total. The minimum Gasteiger partial charge on any atom is -0.507 e. The average Bonchev–Trinajstić information content (AvgIpc) is 2.80. The first-order valence-electron chi connectivity index (χ1n) is 9.88. The monoisotopic (exact) mass is 480 g/mol. The molecule has 1 saturated heterocycles. The van der Waals surface area contributed by atoms with Crippen molar-refractivity contribution in [3.8, 4) is 34.5 Å². The number of phenolic OH excluding ortho intramolecular Hbond substituents is 4. The summed E-state index contributed by atoms with van der Waals surface area (Å²) in [5.74, 6) is -6.37. The maximum absolute atomic E-state index is 12.8. The lowest BCUT2D eigenvalue weighted by Gasteiger charge is -2.40. The first-order chi connectivity index (χ1) is 16.0. The van der Waals surface area contributed by atoms with Crippen LogP contribution in [0.1, 0.15) is 22.0 Å². The third-order valence-corrected chi connectivity index (χ3v) is 5.50. The van der Waals surface area contributed by atoms with Crippen LogP contribution in [0.4, 0.5) is 0 Å². The largest absolute Gasteiger partial charge is 0.507 e. The summed E-state index contributed by atoms with van der Waals surface area (Å²) < 4.78 is 16.2. The van der Waals surface area contributed by atoms with E-state index in [1.165, 1.54) is 6.07 Å². The summed E-state index contributed by atoms with van der Waals surface area (Å²) in [5, 5.41) is 79.2. The molecule has 0 saturated carbocycles. The number of Topliss-reactive ketones (excluding diaryl/α,β-unsaturated/α-hetero) is 2. The zero-order valence-electron chi connectivity index (χ0n) is 17.1. The molecule has 0 amide bonds. The molecule has 0 aromatic heterocycles. The molecule has 2 aromatic carbocycles. The Morgan fingerprint density at radius 3 is 2.21 bits per heavy atom. The molecule has 4 rings (SSSR count). The Balaban J connectivity index is 1.76. The third kappa shape index (κ3) is 3.74. The highest BCUT2D eigenvalue weighted by molar-refractivity contribution is 6.47. The van der Waals surface area contributed by atoms with Gasteiger partial charge in [-0.05, 0) is 12.1 Å². The van der Waals surface area contributed by atoms with E-state index < -0.39 is 95.0 Å². The van der Waals surface area contributed by atoms with Crippen molar-refractivity contribution in [3.63, 3.8) is 0 Å². The molecule has 13 heteroatoms. The Kier molecular flexibility index (Phi) is 5.97. The Hall–Kier alpha value is -3.62. The molecule has 2 heterocycles. The van der Waals surface area contributed by atoms with E-state index in [-0.39, 0.29) is 5.56 Å². The number of aromatic hydroxyl groups is 4. The van der Waals surface area contributed by atoms with Gasteiger partial charge in [-0.25, -0.2) is 0 Å². The Morgan fingerprint density at radius 1 is 0.853 bits per heavy atom. The number of phenols is 4. The van der Waals surface area contributed by atoms with Crippen LogP contribution in [0.25, 0.3) is 0 Å². The number of rotatable bonds is 4. The van der Waals surface area contributed by atoms with E-state index in [0.29, 0.717) is 6.07 Å². The van der Waals surface area contributed by atoms with Gasteiger partial charge >= 0.3 is 0 Å². The molecule has 1 unspecified atom stereocenters. The van der Waals surface area contributed by atoms with Crippen LogP contribution in [0, 0.1) is 0 Å². The number of hydrogen-bond acceptors (Lipinski definition) is 13. The zero-order valence-corrected chi connectivity index (χ0v) is 17.1. The van der Waals surface area contributed by atoms with E-state index in [0.717, 1.165) is 12.1 Å². The lowest BCUT2D eigenvalue weighted by molar-refractivity contribution is -0.277. The highest BCUT2D eigenvalue weighted by Gasteiger charge is 2.47. The second-order valence-electron chi connectivity index (χ2n) is 7.70. The van der Waals surface area contributed by atoms with Gasteiger partial charge in [-0.3, -0.25) is 9.59 Å². The minimum absolute atomic E-state index is 0.0547. The fourth-order valence-electron chi connectivity index (χ4n) is 3.68. The van der Waals surface area contributed by atoms with Crippen molar-refractivity contribution in [1.29, 1.82) is 0 Å². The maximum Gasteiger partial charge on any atom is 0.248 e. The summed E-state index contributed by atoms with van der Waals surface area (Å²) in [7, 11) is 0. The number of carbonyl (C=O) groups is 2. The van der Waals surface area contributed by atoms with Gasteiger partial charge in [0, 0.05) is 11.6 Å². The van der Waals surface area contributed by atoms with Gasteiger partial charge in [-0.1, -0.05) is 6.07 Å². The highest BCUT2D eigenvalue weighted by Crippen LogP contribution is 2.50. The van der Waals surface area contributed by atoms with Crippen LogP contribution in [-0.4, -0.2) is 89.7 Å². The topological polar surface area (TPSA) is 224 Å². The number of aliphatic hydroxyl groups excluding tert-OH is 4. The lowest BCUT2D eigenvalue weighted by atomic mass is 9.93. The fraction of sp³-hybridized carbons (Fsp3) is 0.333. The molecule has 182 valence electrons. The number of benzene rings is 2. The Labute approximate surface area is 190 Å². The zero-order chi connectivity index (χ0) is 24.9. The van der Waals surface area contributed by atoms with Crippen LogP contribution in [-0.2, 0) is 9.53 Å². The van der Waals surface area contributed by atoms with Crippen molar-refractivity contribution >= 4 is 11.6 Å². The molecule has 34 heavy (non-hydrogen) atoms. The fourth-order valence-corrected chi connectivity index (χ4v) is 3.68. The second kappa shape index (κ2) is 8.62. The van der Waals surface area contributed by atoms with Gasteiger partial charge in [0.1, 0.15) is 35.7 Å². The maximum atomic E-state index is 12.8. The third-order valence-electron chi connectivity index (χ3n) is 5.50. The quantitative estimate of drug-likeness (QED) is 0.186. The van der Waals surface area contributed by atoms with Crippen molar-refractivity contribution < 1.29 is 64.7 Å². The average molecular weight is 480 g/mol. The highest BCUT2D eigenvalue weighted by atomic mass is 16.7. The van der Waals surface area contributed by atoms with E-state index in [1.54, 1.807) is 0 Å². The van der Waals surface area contributed by atoms with Gasteiger partial charge in [-0.2, -0.15) is 0 Å². The van der Waals surface area contributed by atoms with Crippen LogP contribution in [0.2, 0.25) is 0 Å². The molecule has 6 atom stereocenters. The Morgan fingerprint density at radius 2 is 1.56 bits per heavy atom. The predicted molar refractivity (Wildman–Crippen MR) is 107 cm³/mol. The van der Waals surface area contributed by atoms with E-state index >= 15 is 0 Å². The van der Waals surface area contributed by atoms with E-state index in [4.69, 9.17) is 14.2 Å². The van der Waals surface area contributed by atoms with Gasteiger partial charge in [-0.15, -0.1) is 0 Å². The van der Waals surface area contributed by atoms with Crippen molar-refractivity contribution in [2.75, 3.05) is 6.61 Å². The number of ether oxygens (including phenoxy) is 3. The van der Waals surface area contributed by atoms with E-state index in [1.807, 2.05) is 0 Å². The molecular weight excluding hydrogens is 460 g/mol. The summed E-state index contributed by atoms with van der Waals surface area (Å²) in [6.45, 7) is -0.764. The van der Waals surface area contributed by atoms with E-state index in [2.05, 4.69) is 0 Å². The number of fused-ring (bicyclic) bond motifs is 1. The number of carbonyl (C=O) groups excluding carboxylic acids is 2. The van der Waals surface area contributed by atoms with Crippen molar-refractivity contribution in [3.05, 3.63) is 35.4 Å². The van der Waals surface area contributed by atoms with Gasteiger partial charge < -0.3 is 55.1 Å². The summed E-state index contributed by atoms with van der Waals surface area (Å²) in [6.07, 6.45) is -10.2. The van der Waals surface area contributed by atoms with Crippen LogP contribution in [0.15, 0.2) is 24.3 Å². The Bertz CT molecular complexity index is 1140. The molecule has 0 radical (unpaired) electrons. The van der Waals surface area contributed by atoms with Gasteiger partial charge in [0.15, 0.2) is 29.1 Å². The summed E-state index contributed by atoms with van der Waals surface area (Å²) in [5.41, 5.74) is -0.720.